The minimum absolute atomic E-state index is 0.0504. The first-order chi connectivity index (χ1) is 13.8. The van der Waals surface area contributed by atoms with Gasteiger partial charge < -0.3 is 0 Å². The summed E-state index contributed by atoms with van der Waals surface area (Å²) in [6.07, 6.45) is 2.77. The highest BCUT2D eigenvalue weighted by molar-refractivity contribution is 7.89. The summed E-state index contributed by atoms with van der Waals surface area (Å²) in [4.78, 5) is 17.7. The standard InChI is InChI=1S/C22H25N3O3S/c1-15-4-5-21-20(13-15)22(26)25(14-23-21)18-6-8-24(9-7-18)29(27,28)19-11-16(2)10-17(3)12-19/h4-5,10-14,18H,6-9H2,1-3H3. The molecular weight excluding hydrogens is 386 g/mol. The molecular formula is C22H25N3O3S. The van der Waals surface area contributed by atoms with Gasteiger partial charge in [-0.25, -0.2) is 13.4 Å². The molecule has 1 fully saturated rings. The zero-order chi connectivity index (χ0) is 20.8. The molecule has 0 radical (unpaired) electrons. The van der Waals surface area contributed by atoms with Crippen LogP contribution in [0.3, 0.4) is 0 Å². The van der Waals surface area contributed by atoms with E-state index in [1.165, 1.54) is 4.31 Å². The molecule has 0 N–H and O–H groups in total. The summed E-state index contributed by atoms with van der Waals surface area (Å²) in [6, 6.07) is 11.0. The van der Waals surface area contributed by atoms with Crippen LogP contribution in [0.15, 0.2) is 52.4 Å². The minimum atomic E-state index is -3.53. The summed E-state index contributed by atoms with van der Waals surface area (Å²) < 4.78 is 29.3. The molecule has 0 atom stereocenters. The molecule has 0 spiro atoms. The van der Waals surface area contributed by atoms with Gasteiger partial charge in [0.1, 0.15) is 0 Å². The van der Waals surface area contributed by atoms with Crippen LogP contribution in [0.1, 0.15) is 35.6 Å². The molecule has 0 amide bonds. The fraction of sp³-hybridized carbons (Fsp3) is 0.364. The van der Waals surface area contributed by atoms with E-state index in [4.69, 9.17) is 0 Å². The van der Waals surface area contributed by atoms with Crippen LogP contribution in [0.5, 0.6) is 0 Å². The third-order valence-electron chi connectivity index (χ3n) is 5.59. The molecule has 4 rings (SSSR count). The Hall–Kier alpha value is -2.51. The molecule has 0 aliphatic carbocycles. The second kappa shape index (κ2) is 7.39. The predicted octanol–water partition coefficient (Wildman–Crippen LogP) is 3.35. The Balaban J connectivity index is 1.57. The fourth-order valence-electron chi connectivity index (χ4n) is 4.10. The monoisotopic (exact) mass is 411 g/mol. The number of nitrogens with zero attached hydrogens (tertiary/aromatic N) is 3. The third-order valence-corrected chi connectivity index (χ3v) is 7.46. The molecule has 29 heavy (non-hydrogen) atoms. The van der Waals surface area contributed by atoms with Crippen molar-refractivity contribution in [1.82, 2.24) is 13.9 Å². The smallest absolute Gasteiger partial charge is 0.261 e. The van der Waals surface area contributed by atoms with Crippen LogP contribution < -0.4 is 5.56 Å². The maximum Gasteiger partial charge on any atom is 0.261 e. The number of sulfonamides is 1. The first-order valence-electron chi connectivity index (χ1n) is 9.82. The largest absolute Gasteiger partial charge is 0.296 e. The maximum absolute atomic E-state index is 13.1. The van der Waals surface area contributed by atoms with Crippen LogP contribution >= 0.6 is 0 Å². The Morgan fingerprint density at radius 2 is 1.59 bits per heavy atom. The van der Waals surface area contributed by atoms with Gasteiger partial charge in [-0.1, -0.05) is 17.7 Å². The van der Waals surface area contributed by atoms with Gasteiger partial charge in [0, 0.05) is 19.1 Å². The molecule has 0 bridgehead atoms. The second-order valence-corrected chi connectivity index (χ2v) is 9.87. The van der Waals surface area contributed by atoms with E-state index < -0.39 is 10.0 Å². The number of benzene rings is 2. The van der Waals surface area contributed by atoms with Crippen molar-refractivity contribution < 1.29 is 8.42 Å². The first-order valence-corrected chi connectivity index (χ1v) is 11.3. The molecule has 7 heteroatoms. The highest BCUT2D eigenvalue weighted by atomic mass is 32.2. The first kappa shape index (κ1) is 19.8. The van der Waals surface area contributed by atoms with E-state index in [1.54, 1.807) is 23.0 Å². The zero-order valence-electron chi connectivity index (χ0n) is 16.9. The number of piperidine rings is 1. The molecule has 1 aliphatic heterocycles. The summed E-state index contributed by atoms with van der Waals surface area (Å²) in [6.45, 7) is 6.53. The Labute approximate surface area is 170 Å². The maximum atomic E-state index is 13.1. The van der Waals surface area contributed by atoms with Crippen LogP contribution in [-0.2, 0) is 10.0 Å². The van der Waals surface area contributed by atoms with Gasteiger partial charge in [-0.05, 0) is 69.0 Å². The number of aryl methyl sites for hydroxylation is 3. The fourth-order valence-corrected chi connectivity index (χ4v) is 5.76. The van der Waals surface area contributed by atoms with Crippen molar-refractivity contribution in [2.45, 2.75) is 44.6 Å². The van der Waals surface area contributed by atoms with Gasteiger partial charge in [0.15, 0.2) is 0 Å². The van der Waals surface area contributed by atoms with E-state index in [0.29, 0.717) is 41.7 Å². The average molecular weight is 412 g/mol. The van der Waals surface area contributed by atoms with E-state index in [2.05, 4.69) is 4.98 Å². The second-order valence-electron chi connectivity index (χ2n) is 7.94. The summed E-state index contributed by atoms with van der Waals surface area (Å²) in [5.41, 5.74) is 3.51. The van der Waals surface area contributed by atoms with Crippen LogP contribution in [0, 0.1) is 20.8 Å². The molecule has 6 nitrogen and oxygen atoms in total. The van der Waals surface area contributed by atoms with Gasteiger partial charge in [0.05, 0.1) is 22.1 Å². The molecule has 1 aliphatic rings. The lowest BCUT2D eigenvalue weighted by molar-refractivity contribution is 0.269. The normalized spacial score (nSPS) is 16.4. The molecule has 1 saturated heterocycles. The molecule has 2 heterocycles. The van der Waals surface area contributed by atoms with E-state index in [-0.39, 0.29) is 11.6 Å². The van der Waals surface area contributed by atoms with E-state index in [9.17, 15) is 13.2 Å². The lowest BCUT2D eigenvalue weighted by atomic mass is 10.1. The van der Waals surface area contributed by atoms with Gasteiger partial charge in [-0.3, -0.25) is 9.36 Å². The Bertz CT molecular complexity index is 1220. The SMILES string of the molecule is Cc1cc(C)cc(S(=O)(=O)N2CCC(n3cnc4ccc(C)cc4c3=O)CC2)c1. The molecule has 0 saturated carbocycles. The van der Waals surface area contributed by atoms with Crippen LogP contribution in [0.25, 0.3) is 10.9 Å². The highest BCUT2D eigenvalue weighted by Crippen LogP contribution is 2.27. The van der Waals surface area contributed by atoms with Crippen LogP contribution in [0.4, 0.5) is 0 Å². The zero-order valence-corrected chi connectivity index (χ0v) is 17.7. The number of aromatic nitrogens is 2. The van der Waals surface area contributed by atoms with Crippen LogP contribution in [-0.4, -0.2) is 35.4 Å². The van der Waals surface area contributed by atoms with Gasteiger partial charge in [-0.2, -0.15) is 4.31 Å². The summed E-state index contributed by atoms with van der Waals surface area (Å²) >= 11 is 0. The molecule has 3 aromatic rings. The highest BCUT2D eigenvalue weighted by Gasteiger charge is 2.30. The van der Waals surface area contributed by atoms with Crippen molar-refractivity contribution in [2.24, 2.45) is 0 Å². The molecule has 2 aromatic carbocycles. The van der Waals surface area contributed by atoms with Gasteiger partial charge in [-0.15, -0.1) is 0 Å². The number of rotatable bonds is 3. The Morgan fingerprint density at radius 3 is 2.24 bits per heavy atom. The number of fused-ring (bicyclic) bond motifs is 1. The minimum Gasteiger partial charge on any atom is -0.296 e. The van der Waals surface area contributed by atoms with Crippen molar-refractivity contribution in [2.75, 3.05) is 13.1 Å². The van der Waals surface area contributed by atoms with Gasteiger partial charge >= 0.3 is 0 Å². The topological polar surface area (TPSA) is 72.3 Å². The van der Waals surface area contributed by atoms with Crippen molar-refractivity contribution in [3.8, 4) is 0 Å². The Kier molecular flexibility index (Phi) is 5.04. The summed E-state index contributed by atoms with van der Waals surface area (Å²) in [5, 5.41) is 0.609. The van der Waals surface area contributed by atoms with E-state index >= 15 is 0 Å². The van der Waals surface area contributed by atoms with Crippen molar-refractivity contribution in [1.29, 1.82) is 0 Å². The van der Waals surface area contributed by atoms with Crippen molar-refractivity contribution in [3.05, 3.63) is 69.8 Å². The van der Waals surface area contributed by atoms with Crippen LogP contribution in [0.2, 0.25) is 0 Å². The van der Waals surface area contributed by atoms with Crippen molar-refractivity contribution in [3.63, 3.8) is 0 Å². The van der Waals surface area contributed by atoms with Crippen molar-refractivity contribution >= 4 is 20.9 Å². The lowest BCUT2D eigenvalue weighted by Crippen LogP contribution is -2.40. The summed E-state index contributed by atoms with van der Waals surface area (Å²) in [7, 11) is -3.53. The number of hydrogen-bond donors (Lipinski definition) is 0. The quantitative estimate of drug-likeness (QED) is 0.663. The van der Waals surface area contributed by atoms with E-state index in [1.807, 2.05) is 45.0 Å². The summed E-state index contributed by atoms with van der Waals surface area (Å²) in [5.74, 6) is 0. The average Bonchev–Trinajstić information content (AvgIpc) is 2.68. The van der Waals surface area contributed by atoms with E-state index in [0.717, 1.165) is 16.7 Å². The predicted molar refractivity (Wildman–Crippen MR) is 114 cm³/mol. The van der Waals surface area contributed by atoms with Gasteiger partial charge in [0.25, 0.3) is 5.56 Å². The Morgan fingerprint density at radius 1 is 0.931 bits per heavy atom. The number of hydrogen-bond acceptors (Lipinski definition) is 4. The third kappa shape index (κ3) is 3.72. The van der Waals surface area contributed by atoms with Gasteiger partial charge in [0.2, 0.25) is 10.0 Å². The molecule has 0 unspecified atom stereocenters. The molecule has 152 valence electrons. The lowest BCUT2D eigenvalue weighted by Gasteiger charge is -2.32. The molecule has 1 aromatic heterocycles.